The zero-order valence-corrected chi connectivity index (χ0v) is 10.2. The monoisotopic (exact) mass is 252 g/mol. The molecule has 0 bridgehead atoms. The zero-order valence-electron chi connectivity index (χ0n) is 10.2. The summed E-state index contributed by atoms with van der Waals surface area (Å²) in [6, 6.07) is 2.96. The first-order valence-electron chi connectivity index (χ1n) is 5.59. The molecule has 0 aromatic heterocycles. The summed E-state index contributed by atoms with van der Waals surface area (Å²) >= 11 is 0. The summed E-state index contributed by atoms with van der Waals surface area (Å²) in [6.45, 7) is 3.89. The van der Waals surface area contributed by atoms with Gasteiger partial charge < -0.3 is 10.1 Å². The predicted octanol–water partition coefficient (Wildman–Crippen LogP) is 2.86. The molecule has 0 aliphatic carbocycles. The molecule has 0 aliphatic heterocycles. The number of rotatable bonds is 5. The number of nitrogens with one attached hydrogen (secondary N) is 1. The molecule has 0 unspecified atom stereocenters. The maximum atomic E-state index is 13.3. The highest BCUT2D eigenvalue weighted by atomic mass is 19.1. The Labute approximate surface area is 104 Å². The highest BCUT2D eigenvalue weighted by molar-refractivity contribution is 5.64. The maximum absolute atomic E-state index is 13.3. The number of nitrogens with zero attached hydrogens (tertiary/aromatic N) is 1. The van der Waals surface area contributed by atoms with Crippen LogP contribution in [0.25, 0.3) is 0 Å². The fraction of sp³-hybridized carbons (Fsp3) is 0.385. The molecule has 3 nitrogen and oxygen atoms in total. The second kappa shape index (κ2) is 6.10. The molecule has 0 spiro atoms. The SMILES string of the molecule is CC(C)C[C@H](C=O)Nc1cc(F)c(C#N)c(F)c1. The Balaban J connectivity index is 2.92. The average molecular weight is 252 g/mol. The van der Waals surface area contributed by atoms with Gasteiger partial charge in [-0.25, -0.2) is 8.78 Å². The van der Waals surface area contributed by atoms with Gasteiger partial charge in [-0.2, -0.15) is 5.26 Å². The topological polar surface area (TPSA) is 52.9 Å². The Kier molecular flexibility index (Phi) is 4.78. The van der Waals surface area contributed by atoms with Crippen molar-refractivity contribution in [3.05, 3.63) is 29.3 Å². The maximum Gasteiger partial charge on any atom is 0.146 e. The van der Waals surface area contributed by atoms with Crippen LogP contribution in [0, 0.1) is 28.9 Å². The predicted molar refractivity (Wildman–Crippen MR) is 64.0 cm³/mol. The standard InChI is InChI=1S/C13H14F2N2O/c1-8(2)3-10(7-18)17-9-4-12(14)11(6-16)13(15)5-9/h4-5,7-8,10,17H,3H2,1-2H3/t10-/m1/s1. The van der Waals surface area contributed by atoms with Crippen LogP contribution < -0.4 is 5.32 Å². The summed E-state index contributed by atoms with van der Waals surface area (Å²) in [5.74, 6) is -1.59. The number of benzene rings is 1. The normalized spacial score (nSPS) is 12.0. The van der Waals surface area contributed by atoms with Crippen molar-refractivity contribution in [2.75, 3.05) is 5.32 Å². The van der Waals surface area contributed by atoms with Crippen molar-refractivity contribution in [2.45, 2.75) is 26.3 Å². The second-order valence-electron chi connectivity index (χ2n) is 4.44. The molecule has 0 saturated heterocycles. The summed E-state index contributed by atoms with van der Waals surface area (Å²) in [4.78, 5) is 10.8. The van der Waals surface area contributed by atoms with Gasteiger partial charge in [0.15, 0.2) is 0 Å². The molecule has 96 valence electrons. The van der Waals surface area contributed by atoms with E-state index in [9.17, 15) is 13.6 Å². The largest absolute Gasteiger partial charge is 0.375 e. The highest BCUT2D eigenvalue weighted by Crippen LogP contribution is 2.19. The highest BCUT2D eigenvalue weighted by Gasteiger charge is 2.14. The van der Waals surface area contributed by atoms with Gasteiger partial charge in [0.2, 0.25) is 0 Å². The van der Waals surface area contributed by atoms with Crippen LogP contribution in [-0.2, 0) is 4.79 Å². The molecule has 1 rings (SSSR count). The molecule has 0 aliphatic rings. The number of hydrogen-bond donors (Lipinski definition) is 1. The Bertz CT molecular complexity index is 457. The first-order valence-corrected chi connectivity index (χ1v) is 5.59. The fourth-order valence-electron chi connectivity index (χ4n) is 1.63. The van der Waals surface area contributed by atoms with Crippen molar-refractivity contribution < 1.29 is 13.6 Å². The van der Waals surface area contributed by atoms with E-state index in [0.29, 0.717) is 12.7 Å². The first kappa shape index (κ1) is 14.1. The minimum atomic E-state index is -0.936. The quantitative estimate of drug-likeness (QED) is 0.820. The van der Waals surface area contributed by atoms with Crippen LogP contribution in [0.1, 0.15) is 25.8 Å². The Morgan fingerprint density at radius 3 is 2.33 bits per heavy atom. The molecular formula is C13H14F2N2O. The number of halogens is 2. The summed E-state index contributed by atoms with van der Waals surface area (Å²) in [5.41, 5.74) is -0.464. The Morgan fingerprint density at radius 2 is 1.94 bits per heavy atom. The van der Waals surface area contributed by atoms with Crippen molar-refractivity contribution in [1.82, 2.24) is 0 Å². The average Bonchev–Trinajstić information content (AvgIpc) is 2.27. The van der Waals surface area contributed by atoms with Gasteiger partial charge in [0.1, 0.15) is 29.6 Å². The lowest BCUT2D eigenvalue weighted by atomic mass is 10.0. The van der Waals surface area contributed by atoms with Gasteiger partial charge in [-0.05, 0) is 24.5 Å². The number of aldehydes is 1. The first-order chi connectivity index (χ1) is 8.47. The van der Waals surface area contributed by atoms with Crippen LogP contribution in [0.4, 0.5) is 14.5 Å². The van der Waals surface area contributed by atoms with Gasteiger partial charge in [0.25, 0.3) is 0 Å². The van der Waals surface area contributed by atoms with E-state index in [-0.39, 0.29) is 11.6 Å². The minimum Gasteiger partial charge on any atom is -0.375 e. The third kappa shape index (κ3) is 3.52. The van der Waals surface area contributed by atoms with Crippen molar-refractivity contribution in [3.8, 4) is 6.07 Å². The molecule has 0 heterocycles. The van der Waals surface area contributed by atoms with E-state index in [2.05, 4.69) is 5.32 Å². The molecule has 1 aromatic rings. The Morgan fingerprint density at radius 1 is 1.39 bits per heavy atom. The van der Waals surface area contributed by atoms with E-state index in [1.54, 1.807) is 0 Å². The Hall–Kier alpha value is -1.96. The molecule has 0 amide bonds. The van der Waals surface area contributed by atoms with E-state index < -0.39 is 23.2 Å². The lowest BCUT2D eigenvalue weighted by Gasteiger charge is -2.16. The zero-order chi connectivity index (χ0) is 13.7. The fourth-order valence-corrected chi connectivity index (χ4v) is 1.63. The van der Waals surface area contributed by atoms with Crippen LogP contribution in [0.2, 0.25) is 0 Å². The lowest BCUT2D eigenvalue weighted by molar-refractivity contribution is -0.108. The summed E-state index contributed by atoms with van der Waals surface area (Å²) in [5, 5.41) is 11.3. The van der Waals surface area contributed by atoms with Gasteiger partial charge in [0.05, 0.1) is 6.04 Å². The van der Waals surface area contributed by atoms with E-state index in [1.807, 2.05) is 13.8 Å². The van der Waals surface area contributed by atoms with Gasteiger partial charge >= 0.3 is 0 Å². The third-order valence-electron chi connectivity index (χ3n) is 2.40. The van der Waals surface area contributed by atoms with E-state index in [4.69, 9.17) is 5.26 Å². The van der Waals surface area contributed by atoms with E-state index in [1.165, 1.54) is 6.07 Å². The summed E-state index contributed by atoms with van der Waals surface area (Å²) in [6.07, 6.45) is 1.26. The van der Waals surface area contributed by atoms with Crippen LogP contribution >= 0.6 is 0 Å². The molecule has 5 heteroatoms. The van der Waals surface area contributed by atoms with Crippen LogP contribution in [-0.4, -0.2) is 12.3 Å². The molecule has 18 heavy (non-hydrogen) atoms. The van der Waals surface area contributed by atoms with Crippen molar-refractivity contribution in [2.24, 2.45) is 5.92 Å². The molecule has 1 N–H and O–H groups in total. The molecule has 0 radical (unpaired) electrons. The molecular weight excluding hydrogens is 238 g/mol. The van der Waals surface area contributed by atoms with E-state index >= 15 is 0 Å². The minimum absolute atomic E-state index is 0.154. The van der Waals surface area contributed by atoms with Gasteiger partial charge in [0, 0.05) is 5.69 Å². The number of hydrogen-bond acceptors (Lipinski definition) is 3. The van der Waals surface area contributed by atoms with Crippen molar-refractivity contribution in [1.29, 1.82) is 5.26 Å². The van der Waals surface area contributed by atoms with Gasteiger partial charge in [-0.3, -0.25) is 0 Å². The third-order valence-corrected chi connectivity index (χ3v) is 2.40. The lowest BCUT2D eigenvalue weighted by Crippen LogP contribution is -2.23. The number of anilines is 1. The number of carbonyl (C=O) groups is 1. The second-order valence-corrected chi connectivity index (χ2v) is 4.44. The van der Waals surface area contributed by atoms with Crippen LogP contribution in [0.15, 0.2) is 12.1 Å². The smallest absolute Gasteiger partial charge is 0.146 e. The van der Waals surface area contributed by atoms with Crippen molar-refractivity contribution in [3.63, 3.8) is 0 Å². The summed E-state index contributed by atoms with van der Waals surface area (Å²) in [7, 11) is 0. The summed E-state index contributed by atoms with van der Waals surface area (Å²) < 4.78 is 26.7. The molecule has 0 saturated carbocycles. The van der Waals surface area contributed by atoms with Gasteiger partial charge in [-0.15, -0.1) is 0 Å². The molecule has 1 aromatic carbocycles. The molecule has 1 atom stereocenters. The number of carbonyl (C=O) groups excluding carboxylic acids is 1. The van der Waals surface area contributed by atoms with Gasteiger partial charge in [-0.1, -0.05) is 13.8 Å². The van der Waals surface area contributed by atoms with Crippen LogP contribution in [0.5, 0.6) is 0 Å². The van der Waals surface area contributed by atoms with Crippen molar-refractivity contribution >= 4 is 12.0 Å². The number of nitriles is 1. The van der Waals surface area contributed by atoms with E-state index in [0.717, 1.165) is 12.1 Å². The molecule has 0 fully saturated rings. The van der Waals surface area contributed by atoms with Crippen LogP contribution in [0.3, 0.4) is 0 Å².